The SMILES string of the molecule is CC(Nc1ncc(F)c(N2C(=O)OCC2C(C)C)n1)c1ccc(-c2cnn(C)c2)cc1F. The molecular weight excluding hydrogens is 418 g/mol. The van der Waals surface area contributed by atoms with Gasteiger partial charge < -0.3 is 10.1 Å². The minimum absolute atomic E-state index is 0.0403. The number of amides is 1. The first-order valence-electron chi connectivity index (χ1n) is 10.3. The third-order valence-electron chi connectivity index (χ3n) is 5.48. The van der Waals surface area contributed by atoms with Crippen LogP contribution in [0.25, 0.3) is 11.1 Å². The van der Waals surface area contributed by atoms with Crippen LogP contribution in [0.1, 0.15) is 32.4 Å². The molecule has 4 rings (SSSR count). The Bertz CT molecular complexity index is 1150. The van der Waals surface area contributed by atoms with E-state index in [1.165, 1.54) is 11.0 Å². The molecule has 0 bridgehead atoms. The highest BCUT2D eigenvalue weighted by molar-refractivity contribution is 5.89. The lowest BCUT2D eigenvalue weighted by Gasteiger charge is -2.24. The first kappa shape index (κ1) is 21.7. The van der Waals surface area contributed by atoms with Crippen LogP contribution in [0.3, 0.4) is 0 Å². The Morgan fingerprint density at radius 1 is 1.16 bits per heavy atom. The summed E-state index contributed by atoms with van der Waals surface area (Å²) in [6.45, 7) is 5.74. The van der Waals surface area contributed by atoms with Crippen molar-refractivity contribution in [3.63, 3.8) is 0 Å². The summed E-state index contributed by atoms with van der Waals surface area (Å²) in [5.74, 6) is -1.19. The standard InChI is InChI=1S/C22H24F2N6O2/c1-12(2)19-11-32-22(31)30(19)20-18(24)9-25-21(28-20)27-13(3)16-6-5-14(7-17(16)23)15-8-26-29(4)10-15/h5-10,12-13,19H,11H2,1-4H3,(H,25,27,28). The number of hydrogen-bond acceptors (Lipinski definition) is 6. The molecule has 32 heavy (non-hydrogen) atoms. The number of aromatic nitrogens is 4. The zero-order chi connectivity index (χ0) is 23.0. The molecule has 1 aromatic carbocycles. The molecule has 0 aliphatic carbocycles. The highest BCUT2D eigenvalue weighted by Gasteiger charge is 2.38. The number of hydrogen-bond donors (Lipinski definition) is 1. The van der Waals surface area contributed by atoms with Crippen molar-refractivity contribution in [3.8, 4) is 11.1 Å². The molecular formula is C22H24F2N6O2. The molecule has 2 unspecified atom stereocenters. The van der Waals surface area contributed by atoms with Crippen molar-refractivity contribution in [3.05, 3.63) is 54.0 Å². The zero-order valence-electron chi connectivity index (χ0n) is 18.2. The summed E-state index contributed by atoms with van der Waals surface area (Å²) in [5, 5.41) is 7.09. The van der Waals surface area contributed by atoms with E-state index in [0.717, 1.165) is 11.8 Å². The summed E-state index contributed by atoms with van der Waals surface area (Å²) in [5.41, 5.74) is 1.91. The van der Waals surface area contributed by atoms with Crippen LogP contribution in [0, 0.1) is 17.6 Å². The first-order valence-corrected chi connectivity index (χ1v) is 10.3. The Hall–Kier alpha value is -3.56. The van der Waals surface area contributed by atoms with Crippen molar-refractivity contribution >= 4 is 17.9 Å². The lowest BCUT2D eigenvalue weighted by molar-refractivity contribution is 0.177. The van der Waals surface area contributed by atoms with E-state index in [1.807, 2.05) is 13.8 Å². The second kappa shape index (κ2) is 8.52. The minimum Gasteiger partial charge on any atom is -0.447 e. The largest absolute Gasteiger partial charge is 0.447 e. The van der Waals surface area contributed by atoms with E-state index in [0.29, 0.717) is 11.1 Å². The summed E-state index contributed by atoms with van der Waals surface area (Å²) in [6, 6.07) is 4.07. The number of carbonyl (C=O) groups excluding carboxylic acids is 1. The number of rotatable bonds is 6. The Morgan fingerprint density at radius 2 is 1.94 bits per heavy atom. The van der Waals surface area contributed by atoms with E-state index in [2.05, 4.69) is 20.4 Å². The first-order chi connectivity index (χ1) is 15.2. The Kier molecular flexibility index (Phi) is 5.77. The van der Waals surface area contributed by atoms with Gasteiger partial charge in [-0.2, -0.15) is 10.1 Å². The normalized spacial score (nSPS) is 17.0. The van der Waals surface area contributed by atoms with E-state index in [1.54, 1.807) is 43.2 Å². The highest BCUT2D eigenvalue weighted by Crippen LogP contribution is 2.30. The van der Waals surface area contributed by atoms with E-state index in [-0.39, 0.29) is 30.3 Å². The molecule has 168 valence electrons. The number of carbonyl (C=O) groups is 1. The zero-order valence-corrected chi connectivity index (χ0v) is 18.2. The van der Waals surface area contributed by atoms with Crippen LogP contribution in [0.15, 0.2) is 36.8 Å². The van der Waals surface area contributed by atoms with Crippen molar-refractivity contribution in [1.82, 2.24) is 19.7 Å². The fourth-order valence-corrected chi connectivity index (χ4v) is 3.67. The molecule has 3 heterocycles. The van der Waals surface area contributed by atoms with Crippen LogP contribution in [0.5, 0.6) is 0 Å². The van der Waals surface area contributed by atoms with Crippen molar-refractivity contribution < 1.29 is 18.3 Å². The van der Waals surface area contributed by atoms with Crippen LogP contribution >= 0.6 is 0 Å². The maximum atomic E-state index is 14.8. The van der Waals surface area contributed by atoms with Gasteiger partial charge in [0.15, 0.2) is 11.6 Å². The number of aryl methyl sites for hydroxylation is 1. The van der Waals surface area contributed by atoms with Gasteiger partial charge in [0, 0.05) is 24.4 Å². The average Bonchev–Trinajstić information content (AvgIpc) is 3.35. The van der Waals surface area contributed by atoms with Crippen molar-refractivity contribution in [2.24, 2.45) is 13.0 Å². The molecule has 1 saturated heterocycles. The fraction of sp³-hybridized carbons (Fsp3) is 0.364. The Morgan fingerprint density at radius 3 is 2.59 bits per heavy atom. The van der Waals surface area contributed by atoms with E-state index in [9.17, 15) is 13.6 Å². The summed E-state index contributed by atoms with van der Waals surface area (Å²) in [6.07, 6.45) is 3.80. The number of nitrogens with zero attached hydrogens (tertiary/aromatic N) is 5. The van der Waals surface area contributed by atoms with Gasteiger partial charge in [0.25, 0.3) is 0 Å². The average molecular weight is 442 g/mol. The molecule has 1 N–H and O–H groups in total. The second-order valence-corrected chi connectivity index (χ2v) is 8.13. The van der Waals surface area contributed by atoms with Gasteiger partial charge in [0.05, 0.1) is 24.5 Å². The molecule has 1 aliphatic heterocycles. The molecule has 10 heteroatoms. The maximum Gasteiger partial charge on any atom is 0.416 e. The van der Waals surface area contributed by atoms with Crippen LogP contribution in [-0.4, -0.2) is 38.5 Å². The number of ether oxygens (including phenoxy) is 1. The van der Waals surface area contributed by atoms with Crippen molar-refractivity contribution in [1.29, 1.82) is 0 Å². The Labute approximate surface area is 184 Å². The van der Waals surface area contributed by atoms with Crippen LogP contribution < -0.4 is 10.2 Å². The Balaban J connectivity index is 1.57. The maximum absolute atomic E-state index is 14.8. The summed E-state index contributed by atoms with van der Waals surface area (Å²) >= 11 is 0. The number of cyclic esters (lactones) is 1. The topological polar surface area (TPSA) is 85.2 Å². The molecule has 0 spiro atoms. The lowest BCUT2D eigenvalue weighted by atomic mass is 10.0. The van der Waals surface area contributed by atoms with Gasteiger partial charge in [0.1, 0.15) is 12.4 Å². The highest BCUT2D eigenvalue weighted by atomic mass is 19.1. The summed E-state index contributed by atoms with van der Waals surface area (Å²) < 4.78 is 36.1. The monoisotopic (exact) mass is 442 g/mol. The predicted octanol–water partition coefficient (Wildman–Crippen LogP) is 4.31. The molecule has 1 aliphatic rings. The smallest absolute Gasteiger partial charge is 0.416 e. The number of nitrogens with one attached hydrogen (secondary N) is 1. The lowest BCUT2D eigenvalue weighted by Crippen LogP contribution is -2.38. The van der Waals surface area contributed by atoms with Gasteiger partial charge in [-0.15, -0.1) is 0 Å². The van der Waals surface area contributed by atoms with E-state index < -0.39 is 23.8 Å². The molecule has 8 nitrogen and oxygen atoms in total. The summed E-state index contributed by atoms with van der Waals surface area (Å²) in [4.78, 5) is 21.6. The fourth-order valence-electron chi connectivity index (χ4n) is 3.67. The number of halogens is 2. The summed E-state index contributed by atoms with van der Waals surface area (Å²) in [7, 11) is 1.79. The van der Waals surface area contributed by atoms with Crippen molar-refractivity contribution in [2.45, 2.75) is 32.9 Å². The number of benzene rings is 1. The van der Waals surface area contributed by atoms with Gasteiger partial charge in [-0.3, -0.25) is 9.58 Å². The van der Waals surface area contributed by atoms with Crippen molar-refractivity contribution in [2.75, 3.05) is 16.8 Å². The molecule has 3 aromatic rings. The molecule has 2 atom stereocenters. The van der Waals surface area contributed by atoms with E-state index in [4.69, 9.17) is 4.74 Å². The quantitative estimate of drug-likeness (QED) is 0.612. The number of anilines is 2. The molecule has 0 radical (unpaired) electrons. The predicted molar refractivity (Wildman–Crippen MR) is 115 cm³/mol. The molecule has 0 saturated carbocycles. The second-order valence-electron chi connectivity index (χ2n) is 8.13. The van der Waals surface area contributed by atoms with Gasteiger partial charge in [-0.1, -0.05) is 26.0 Å². The van der Waals surface area contributed by atoms with Crippen LogP contribution in [0.2, 0.25) is 0 Å². The van der Waals surface area contributed by atoms with Gasteiger partial charge >= 0.3 is 6.09 Å². The molecule has 1 fully saturated rings. The third-order valence-corrected chi connectivity index (χ3v) is 5.48. The minimum atomic E-state index is -0.736. The van der Waals surface area contributed by atoms with Gasteiger partial charge in [-0.25, -0.2) is 18.6 Å². The molecule has 1 amide bonds. The van der Waals surface area contributed by atoms with Crippen LogP contribution in [-0.2, 0) is 11.8 Å². The van der Waals surface area contributed by atoms with Crippen LogP contribution in [0.4, 0.5) is 25.3 Å². The third kappa shape index (κ3) is 4.12. The van der Waals surface area contributed by atoms with E-state index >= 15 is 0 Å². The van der Waals surface area contributed by atoms with Gasteiger partial charge in [0.2, 0.25) is 5.95 Å². The van der Waals surface area contributed by atoms with Gasteiger partial charge in [-0.05, 0) is 24.5 Å². The molecule has 2 aromatic heterocycles.